The van der Waals surface area contributed by atoms with Gasteiger partial charge in [-0.05, 0) is 13.8 Å². The lowest BCUT2D eigenvalue weighted by atomic mass is 10.2. The van der Waals surface area contributed by atoms with Crippen LogP contribution >= 0.6 is 0 Å². The molecular weight excluding hydrogens is 174 g/mol. The second kappa shape index (κ2) is 3.62. The minimum Gasteiger partial charge on any atom is -0.250 e. The summed E-state index contributed by atoms with van der Waals surface area (Å²) in [5.74, 6) is 0.791. The first kappa shape index (κ1) is 8.94. The predicted molar refractivity (Wildman–Crippen MR) is 55.8 cm³/mol. The van der Waals surface area contributed by atoms with E-state index in [0.717, 1.165) is 11.4 Å². The summed E-state index contributed by atoms with van der Waals surface area (Å²) in [5.41, 5.74) is 1.06. The molecule has 0 amide bonds. The summed E-state index contributed by atoms with van der Waals surface area (Å²) in [7, 11) is 0. The van der Waals surface area contributed by atoms with Crippen LogP contribution in [0.3, 0.4) is 0 Å². The Kier molecular flexibility index (Phi) is 2.31. The van der Waals surface area contributed by atoms with Crippen LogP contribution < -0.4 is 0 Å². The van der Waals surface area contributed by atoms with E-state index in [4.69, 9.17) is 0 Å². The van der Waals surface area contributed by atoms with Gasteiger partial charge in [0, 0.05) is 11.6 Å². The van der Waals surface area contributed by atoms with E-state index in [1.807, 2.05) is 35.0 Å². The first-order valence-corrected chi connectivity index (χ1v) is 4.74. The molecule has 2 aromatic rings. The second-order valence-electron chi connectivity index (χ2n) is 3.51. The van der Waals surface area contributed by atoms with Crippen LogP contribution in [-0.2, 0) is 0 Å². The summed E-state index contributed by atoms with van der Waals surface area (Å²) < 4.78 is 1.86. The van der Waals surface area contributed by atoms with Gasteiger partial charge in [0.2, 0.25) is 0 Å². The molecule has 3 heteroatoms. The molecule has 1 heterocycles. The maximum absolute atomic E-state index is 4.39. The molecular formula is C11H13N3. The van der Waals surface area contributed by atoms with Crippen molar-refractivity contribution < 1.29 is 0 Å². The van der Waals surface area contributed by atoms with Crippen molar-refractivity contribution in [2.45, 2.75) is 19.9 Å². The van der Waals surface area contributed by atoms with E-state index >= 15 is 0 Å². The molecule has 0 aliphatic heterocycles. The molecule has 0 aliphatic carbocycles. The van der Waals surface area contributed by atoms with Crippen LogP contribution in [0.2, 0.25) is 0 Å². The largest absolute Gasteiger partial charge is 0.250 e. The van der Waals surface area contributed by atoms with E-state index in [-0.39, 0.29) is 0 Å². The lowest BCUT2D eigenvalue weighted by molar-refractivity contribution is 0.532. The fraction of sp³-hybridized carbons (Fsp3) is 0.273. The zero-order chi connectivity index (χ0) is 9.97. The number of benzene rings is 1. The highest BCUT2D eigenvalue weighted by Gasteiger charge is 2.04. The summed E-state index contributed by atoms with van der Waals surface area (Å²) in [4.78, 5) is 4.26. The molecule has 0 spiro atoms. The van der Waals surface area contributed by atoms with Crippen molar-refractivity contribution in [1.29, 1.82) is 0 Å². The molecule has 0 bridgehead atoms. The zero-order valence-corrected chi connectivity index (χ0v) is 8.38. The number of nitrogens with zero attached hydrogens (tertiary/aromatic N) is 3. The van der Waals surface area contributed by atoms with E-state index in [1.165, 1.54) is 0 Å². The molecule has 0 aliphatic rings. The summed E-state index contributed by atoms with van der Waals surface area (Å²) in [6.07, 6.45) is 1.77. The minimum atomic E-state index is 0.361. The Balaban J connectivity index is 2.34. The monoisotopic (exact) mass is 187 g/mol. The average molecular weight is 187 g/mol. The molecule has 72 valence electrons. The van der Waals surface area contributed by atoms with Gasteiger partial charge in [0.25, 0.3) is 0 Å². The van der Waals surface area contributed by atoms with Crippen LogP contribution in [0.1, 0.15) is 19.9 Å². The van der Waals surface area contributed by atoms with Gasteiger partial charge >= 0.3 is 0 Å². The van der Waals surface area contributed by atoms with Gasteiger partial charge in [-0.15, -0.1) is 0 Å². The molecule has 3 nitrogen and oxygen atoms in total. The quantitative estimate of drug-likeness (QED) is 0.723. The molecule has 0 saturated heterocycles. The molecule has 0 fully saturated rings. The summed E-state index contributed by atoms with van der Waals surface area (Å²) in [5, 5.41) is 4.39. The van der Waals surface area contributed by atoms with E-state index in [0.29, 0.717) is 6.04 Å². The highest BCUT2D eigenvalue weighted by atomic mass is 15.3. The van der Waals surface area contributed by atoms with Crippen LogP contribution in [0.5, 0.6) is 0 Å². The fourth-order valence-corrected chi connectivity index (χ4v) is 1.24. The fourth-order valence-electron chi connectivity index (χ4n) is 1.24. The van der Waals surface area contributed by atoms with Crippen LogP contribution in [0.25, 0.3) is 11.4 Å². The molecule has 2 rings (SSSR count). The van der Waals surface area contributed by atoms with Gasteiger partial charge < -0.3 is 0 Å². The number of hydrogen-bond donors (Lipinski definition) is 0. The predicted octanol–water partition coefficient (Wildman–Crippen LogP) is 2.53. The Morgan fingerprint density at radius 3 is 2.43 bits per heavy atom. The van der Waals surface area contributed by atoms with Gasteiger partial charge in [-0.1, -0.05) is 30.3 Å². The Bertz CT molecular complexity index is 403. The van der Waals surface area contributed by atoms with E-state index < -0.39 is 0 Å². The molecule has 0 N–H and O–H groups in total. The zero-order valence-electron chi connectivity index (χ0n) is 8.38. The smallest absolute Gasteiger partial charge is 0.181 e. The van der Waals surface area contributed by atoms with Gasteiger partial charge in [-0.25, -0.2) is 9.67 Å². The molecule has 1 aromatic heterocycles. The van der Waals surface area contributed by atoms with E-state index in [9.17, 15) is 0 Å². The van der Waals surface area contributed by atoms with Crippen LogP contribution in [0, 0.1) is 0 Å². The van der Waals surface area contributed by atoms with Crippen molar-refractivity contribution in [3.63, 3.8) is 0 Å². The topological polar surface area (TPSA) is 30.7 Å². The third-order valence-electron chi connectivity index (χ3n) is 2.07. The lowest BCUT2D eigenvalue weighted by Gasteiger charge is -2.01. The number of aromatic nitrogens is 3. The van der Waals surface area contributed by atoms with Gasteiger partial charge in [0.05, 0.1) is 0 Å². The first-order valence-electron chi connectivity index (χ1n) is 4.74. The van der Waals surface area contributed by atoms with Gasteiger partial charge in [-0.2, -0.15) is 5.10 Å². The Morgan fingerprint density at radius 1 is 1.14 bits per heavy atom. The van der Waals surface area contributed by atoms with Crippen LogP contribution in [0.15, 0.2) is 36.7 Å². The van der Waals surface area contributed by atoms with Gasteiger partial charge in [0.15, 0.2) is 5.82 Å². The SMILES string of the molecule is CC(C)n1cnc(-c2ccccc2)n1. The van der Waals surface area contributed by atoms with Crippen molar-refractivity contribution >= 4 is 0 Å². The number of rotatable bonds is 2. The molecule has 0 unspecified atom stereocenters. The summed E-state index contributed by atoms with van der Waals surface area (Å²) >= 11 is 0. The molecule has 0 saturated carbocycles. The highest BCUT2D eigenvalue weighted by Crippen LogP contribution is 2.14. The number of hydrogen-bond acceptors (Lipinski definition) is 2. The first-order chi connectivity index (χ1) is 6.77. The molecule has 0 radical (unpaired) electrons. The Labute approximate surface area is 83.4 Å². The Hall–Kier alpha value is -1.64. The molecule has 14 heavy (non-hydrogen) atoms. The van der Waals surface area contributed by atoms with Crippen LogP contribution in [-0.4, -0.2) is 14.8 Å². The van der Waals surface area contributed by atoms with Crippen molar-refractivity contribution in [3.8, 4) is 11.4 Å². The van der Waals surface area contributed by atoms with Crippen molar-refractivity contribution in [2.24, 2.45) is 0 Å². The van der Waals surface area contributed by atoms with Crippen LogP contribution in [0.4, 0.5) is 0 Å². The normalized spacial score (nSPS) is 10.8. The summed E-state index contributed by atoms with van der Waals surface area (Å²) in [6, 6.07) is 10.4. The molecule has 0 atom stereocenters. The Morgan fingerprint density at radius 2 is 1.86 bits per heavy atom. The average Bonchev–Trinajstić information content (AvgIpc) is 2.68. The third kappa shape index (κ3) is 1.66. The maximum Gasteiger partial charge on any atom is 0.181 e. The highest BCUT2D eigenvalue weighted by molar-refractivity contribution is 5.53. The van der Waals surface area contributed by atoms with E-state index in [2.05, 4.69) is 23.9 Å². The second-order valence-corrected chi connectivity index (χ2v) is 3.51. The maximum atomic E-state index is 4.39. The van der Waals surface area contributed by atoms with E-state index in [1.54, 1.807) is 6.33 Å². The van der Waals surface area contributed by atoms with Gasteiger partial charge in [-0.3, -0.25) is 0 Å². The summed E-state index contributed by atoms with van der Waals surface area (Å²) in [6.45, 7) is 4.17. The standard InChI is InChI=1S/C11H13N3/c1-9(2)14-8-12-11(13-14)10-6-4-3-5-7-10/h3-9H,1-2H3. The van der Waals surface area contributed by atoms with Crippen molar-refractivity contribution in [1.82, 2.24) is 14.8 Å². The van der Waals surface area contributed by atoms with Crippen molar-refractivity contribution in [3.05, 3.63) is 36.7 Å². The van der Waals surface area contributed by atoms with Crippen molar-refractivity contribution in [2.75, 3.05) is 0 Å². The van der Waals surface area contributed by atoms with Gasteiger partial charge in [0.1, 0.15) is 6.33 Å². The lowest BCUT2D eigenvalue weighted by Crippen LogP contribution is -2.00. The minimum absolute atomic E-state index is 0.361. The third-order valence-corrected chi connectivity index (χ3v) is 2.07. The molecule has 1 aromatic carbocycles.